The van der Waals surface area contributed by atoms with E-state index < -0.39 is 0 Å². The third-order valence-electron chi connectivity index (χ3n) is 5.43. The topological polar surface area (TPSA) is 45.9 Å². The number of aryl methyl sites for hydroxylation is 1. The normalized spacial score (nSPS) is 31.0. The molecule has 4 heterocycles. The number of ether oxygens (including phenoxy) is 1. The average Bonchev–Trinajstić information content (AvgIpc) is 3.23. The zero-order valence-corrected chi connectivity index (χ0v) is 13.9. The zero-order chi connectivity index (χ0) is 15.8. The van der Waals surface area contributed by atoms with Crippen molar-refractivity contribution in [3.05, 3.63) is 23.7 Å². The summed E-state index contributed by atoms with van der Waals surface area (Å²) in [6.07, 6.45) is 4.34. The summed E-state index contributed by atoms with van der Waals surface area (Å²) >= 11 is 0. The zero-order valence-electron chi connectivity index (χ0n) is 13.9. The maximum absolute atomic E-state index is 12.3. The first-order valence-corrected chi connectivity index (χ1v) is 8.88. The van der Waals surface area contributed by atoms with Crippen LogP contribution in [0.15, 0.2) is 16.5 Å². The van der Waals surface area contributed by atoms with Crippen molar-refractivity contribution >= 4 is 5.91 Å². The largest absolute Gasteiger partial charge is 0.465 e. The fourth-order valence-corrected chi connectivity index (χ4v) is 4.29. The van der Waals surface area contributed by atoms with E-state index >= 15 is 0 Å². The van der Waals surface area contributed by atoms with Crippen LogP contribution in [0.2, 0.25) is 0 Å². The van der Waals surface area contributed by atoms with Crippen molar-refractivity contribution < 1.29 is 13.9 Å². The standard InChI is InChI=1S/C18H26N2O3/c1-13-4-5-15(22-13)11-19-10-14-8-16(23-17(14)12-19)9-18(21)20-6-2-3-7-20/h4-5,14,16-17H,2-3,6-12H2,1H3/t14-,16-,17+/m0/s1. The number of likely N-dealkylation sites (tertiary alicyclic amines) is 2. The number of hydrogen-bond donors (Lipinski definition) is 0. The van der Waals surface area contributed by atoms with E-state index in [4.69, 9.17) is 9.15 Å². The van der Waals surface area contributed by atoms with Gasteiger partial charge in [0.25, 0.3) is 0 Å². The SMILES string of the molecule is Cc1ccc(CN2C[C@@H]3C[C@@H](CC(=O)N4CCCC4)O[C@@H]3C2)o1. The number of nitrogens with zero attached hydrogens (tertiary/aromatic N) is 2. The van der Waals surface area contributed by atoms with Crippen LogP contribution in [0.25, 0.3) is 0 Å². The molecule has 23 heavy (non-hydrogen) atoms. The number of rotatable bonds is 4. The summed E-state index contributed by atoms with van der Waals surface area (Å²) in [7, 11) is 0. The van der Waals surface area contributed by atoms with Crippen LogP contribution in [0.1, 0.15) is 37.2 Å². The number of amides is 1. The molecule has 0 aromatic carbocycles. The molecule has 0 radical (unpaired) electrons. The van der Waals surface area contributed by atoms with Gasteiger partial charge in [-0.25, -0.2) is 0 Å². The van der Waals surface area contributed by atoms with Crippen LogP contribution in [0.3, 0.4) is 0 Å². The molecule has 5 heteroatoms. The Kier molecular flexibility index (Phi) is 4.16. The Morgan fingerprint density at radius 3 is 2.78 bits per heavy atom. The van der Waals surface area contributed by atoms with Gasteiger partial charge in [0.2, 0.25) is 5.91 Å². The van der Waals surface area contributed by atoms with Crippen LogP contribution in [-0.4, -0.2) is 54.1 Å². The first kappa shape index (κ1) is 15.2. The lowest BCUT2D eigenvalue weighted by molar-refractivity contribution is -0.132. The van der Waals surface area contributed by atoms with Crippen LogP contribution in [0, 0.1) is 12.8 Å². The lowest BCUT2D eigenvalue weighted by Gasteiger charge is -2.20. The summed E-state index contributed by atoms with van der Waals surface area (Å²) in [6.45, 7) is 6.73. The van der Waals surface area contributed by atoms with E-state index in [0.29, 0.717) is 18.4 Å². The van der Waals surface area contributed by atoms with Crippen molar-refractivity contribution in [3.8, 4) is 0 Å². The molecular weight excluding hydrogens is 292 g/mol. The van der Waals surface area contributed by atoms with Gasteiger partial charge in [-0.1, -0.05) is 0 Å². The predicted molar refractivity (Wildman–Crippen MR) is 85.9 cm³/mol. The highest BCUT2D eigenvalue weighted by Gasteiger charge is 2.42. The van der Waals surface area contributed by atoms with Crippen LogP contribution in [0.5, 0.6) is 0 Å². The molecule has 3 aliphatic rings. The number of furan rings is 1. The predicted octanol–water partition coefficient (Wildman–Crippen LogP) is 2.19. The molecule has 1 amide bonds. The molecule has 0 saturated carbocycles. The van der Waals surface area contributed by atoms with Crippen molar-refractivity contribution in [3.63, 3.8) is 0 Å². The third kappa shape index (κ3) is 3.31. The Morgan fingerprint density at radius 1 is 1.26 bits per heavy atom. The van der Waals surface area contributed by atoms with E-state index in [2.05, 4.69) is 11.0 Å². The smallest absolute Gasteiger partial charge is 0.225 e. The van der Waals surface area contributed by atoms with Gasteiger partial charge in [0.15, 0.2) is 0 Å². The van der Waals surface area contributed by atoms with Crippen molar-refractivity contribution in [2.24, 2.45) is 5.92 Å². The second-order valence-electron chi connectivity index (χ2n) is 7.29. The molecule has 0 bridgehead atoms. The lowest BCUT2D eigenvalue weighted by Crippen LogP contribution is -2.32. The molecule has 3 saturated heterocycles. The summed E-state index contributed by atoms with van der Waals surface area (Å²) in [6, 6.07) is 4.07. The number of fused-ring (bicyclic) bond motifs is 1. The average molecular weight is 318 g/mol. The minimum Gasteiger partial charge on any atom is -0.465 e. The summed E-state index contributed by atoms with van der Waals surface area (Å²) in [5.74, 6) is 2.86. The maximum Gasteiger partial charge on any atom is 0.225 e. The lowest BCUT2D eigenvalue weighted by atomic mass is 10.0. The summed E-state index contributed by atoms with van der Waals surface area (Å²) in [4.78, 5) is 16.7. The van der Waals surface area contributed by atoms with Crippen molar-refractivity contribution in [2.45, 2.75) is 51.4 Å². The van der Waals surface area contributed by atoms with Gasteiger partial charge in [0.1, 0.15) is 11.5 Å². The molecule has 5 nitrogen and oxygen atoms in total. The molecule has 0 aliphatic carbocycles. The second kappa shape index (κ2) is 6.29. The van der Waals surface area contributed by atoms with Crippen molar-refractivity contribution in [2.75, 3.05) is 26.2 Å². The molecular formula is C18H26N2O3. The van der Waals surface area contributed by atoms with Crippen LogP contribution < -0.4 is 0 Å². The van der Waals surface area contributed by atoms with Gasteiger partial charge >= 0.3 is 0 Å². The Bertz CT molecular complexity index is 550. The van der Waals surface area contributed by atoms with Gasteiger partial charge in [-0.15, -0.1) is 0 Å². The summed E-state index contributed by atoms with van der Waals surface area (Å²) in [5, 5.41) is 0. The maximum atomic E-state index is 12.3. The van der Waals surface area contributed by atoms with Gasteiger partial charge in [-0.2, -0.15) is 0 Å². The first-order valence-electron chi connectivity index (χ1n) is 8.88. The third-order valence-corrected chi connectivity index (χ3v) is 5.43. The Labute approximate surface area is 137 Å². The second-order valence-corrected chi connectivity index (χ2v) is 7.29. The van der Waals surface area contributed by atoms with Crippen LogP contribution in [0.4, 0.5) is 0 Å². The summed E-state index contributed by atoms with van der Waals surface area (Å²) in [5.41, 5.74) is 0. The van der Waals surface area contributed by atoms with E-state index in [1.54, 1.807) is 0 Å². The van der Waals surface area contributed by atoms with E-state index in [1.807, 2.05) is 17.9 Å². The van der Waals surface area contributed by atoms with Gasteiger partial charge in [-0.3, -0.25) is 9.69 Å². The van der Waals surface area contributed by atoms with E-state index in [9.17, 15) is 4.79 Å². The molecule has 4 rings (SSSR count). The van der Waals surface area contributed by atoms with E-state index in [1.165, 1.54) is 0 Å². The molecule has 0 unspecified atom stereocenters. The number of hydrogen-bond acceptors (Lipinski definition) is 4. The molecule has 3 atom stereocenters. The number of carbonyl (C=O) groups excluding carboxylic acids is 1. The van der Waals surface area contributed by atoms with Gasteiger partial charge in [-0.05, 0) is 38.3 Å². The van der Waals surface area contributed by atoms with E-state index in [-0.39, 0.29) is 12.0 Å². The fourth-order valence-electron chi connectivity index (χ4n) is 4.29. The Hall–Kier alpha value is -1.33. The minimum atomic E-state index is 0.131. The van der Waals surface area contributed by atoms with Gasteiger partial charge in [0.05, 0.1) is 25.2 Å². The molecule has 1 aromatic rings. The highest BCUT2D eigenvalue weighted by molar-refractivity contribution is 5.77. The van der Waals surface area contributed by atoms with Crippen LogP contribution >= 0.6 is 0 Å². The molecule has 1 aromatic heterocycles. The Morgan fingerprint density at radius 2 is 2.09 bits per heavy atom. The monoisotopic (exact) mass is 318 g/mol. The fraction of sp³-hybridized carbons (Fsp3) is 0.722. The summed E-state index contributed by atoms with van der Waals surface area (Å²) < 4.78 is 11.8. The Balaban J connectivity index is 1.25. The molecule has 3 aliphatic heterocycles. The molecule has 0 N–H and O–H groups in total. The van der Waals surface area contributed by atoms with Gasteiger partial charge in [0, 0.05) is 32.1 Å². The number of carbonyl (C=O) groups is 1. The molecule has 0 spiro atoms. The highest BCUT2D eigenvalue weighted by atomic mass is 16.5. The van der Waals surface area contributed by atoms with Crippen LogP contribution in [-0.2, 0) is 16.1 Å². The van der Waals surface area contributed by atoms with Gasteiger partial charge < -0.3 is 14.1 Å². The minimum absolute atomic E-state index is 0.131. The molecule has 126 valence electrons. The van der Waals surface area contributed by atoms with E-state index in [0.717, 1.165) is 63.5 Å². The quantitative estimate of drug-likeness (QED) is 0.854. The van der Waals surface area contributed by atoms with Crippen molar-refractivity contribution in [1.29, 1.82) is 0 Å². The van der Waals surface area contributed by atoms with Crippen molar-refractivity contribution in [1.82, 2.24) is 9.80 Å². The molecule has 3 fully saturated rings. The first-order chi connectivity index (χ1) is 11.2. The highest BCUT2D eigenvalue weighted by Crippen LogP contribution is 2.35.